The Morgan fingerprint density at radius 2 is 2.16 bits per heavy atom. The van der Waals surface area contributed by atoms with Crippen molar-refractivity contribution >= 4 is 39.2 Å². The lowest BCUT2D eigenvalue weighted by molar-refractivity contribution is -0.142. The largest absolute Gasteiger partial charge is 0.480 e. The number of nitrogens with one attached hydrogen (secondary N) is 1. The van der Waals surface area contributed by atoms with Crippen molar-refractivity contribution < 1.29 is 9.90 Å². The number of anilines is 1. The fourth-order valence-corrected chi connectivity index (χ4v) is 2.19. The molecule has 0 amide bonds. The van der Waals surface area contributed by atoms with Crippen molar-refractivity contribution in [2.24, 2.45) is 5.92 Å². The molecule has 3 nitrogen and oxygen atoms in total. The van der Waals surface area contributed by atoms with Gasteiger partial charge in [0.2, 0.25) is 0 Å². The predicted molar refractivity (Wildman–Crippen MR) is 82.9 cm³/mol. The van der Waals surface area contributed by atoms with Gasteiger partial charge in [-0.1, -0.05) is 25.4 Å². The number of halogens is 2. The summed E-state index contributed by atoms with van der Waals surface area (Å²) in [5.74, 6) is -0.378. The highest BCUT2D eigenvalue weighted by Gasteiger charge is 2.32. The van der Waals surface area contributed by atoms with Crippen LogP contribution in [0.25, 0.3) is 0 Å². The van der Waals surface area contributed by atoms with E-state index >= 15 is 0 Å². The molecule has 2 N–H and O–H groups in total. The number of carboxylic acids is 1. The van der Waals surface area contributed by atoms with Crippen molar-refractivity contribution in [2.75, 3.05) is 5.32 Å². The van der Waals surface area contributed by atoms with E-state index in [0.29, 0.717) is 17.4 Å². The highest BCUT2D eigenvalue weighted by Crippen LogP contribution is 2.29. The van der Waals surface area contributed by atoms with Crippen LogP contribution < -0.4 is 5.32 Å². The Kier molecular flexibility index (Phi) is 5.68. The molecule has 0 saturated carbocycles. The average molecular weight is 349 g/mol. The first-order valence-electron chi connectivity index (χ1n) is 6.21. The second-order valence-electron chi connectivity index (χ2n) is 5.32. The maximum absolute atomic E-state index is 11.5. The molecule has 5 heteroatoms. The van der Waals surface area contributed by atoms with Crippen LogP contribution in [0.15, 0.2) is 22.7 Å². The van der Waals surface area contributed by atoms with E-state index in [1.54, 1.807) is 25.1 Å². The van der Waals surface area contributed by atoms with Crippen LogP contribution in [-0.2, 0) is 4.79 Å². The number of carboxylic acid groups (broad SMARTS) is 1. The van der Waals surface area contributed by atoms with Crippen molar-refractivity contribution in [3.05, 3.63) is 27.7 Å². The zero-order valence-electron chi connectivity index (χ0n) is 11.3. The third-order valence-electron chi connectivity index (χ3n) is 3.03. The molecule has 0 aliphatic carbocycles. The van der Waals surface area contributed by atoms with Gasteiger partial charge in [-0.2, -0.15) is 0 Å². The number of hydrogen-bond acceptors (Lipinski definition) is 2. The van der Waals surface area contributed by atoms with Gasteiger partial charge in [-0.15, -0.1) is 0 Å². The Morgan fingerprint density at radius 1 is 1.53 bits per heavy atom. The Morgan fingerprint density at radius 3 is 2.63 bits per heavy atom. The molecule has 0 saturated heterocycles. The normalized spacial score (nSPS) is 14.2. The predicted octanol–water partition coefficient (Wildman–Crippen LogP) is 4.79. The molecule has 1 aromatic rings. The lowest BCUT2D eigenvalue weighted by Gasteiger charge is -2.28. The number of rotatable bonds is 6. The molecule has 1 atom stereocenters. The second kappa shape index (κ2) is 6.62. The minimum Gasteiger partial charge on any atom is -0.480 e. The smallest absolute Gasteiger partial charge is 0.329 e. The van der Waals surface area contributed by atoms with Crippen LogP contribution in [-0.4, -0.2) is 16.6 Å². The van der Waals surface area contributed by atoms with Crippen LogP contribution >= 0.6 is 27.5 Å². The number of benzene rings is 1. The van der Waals surface area contributed by atoms with E-state index in [1.165, 1.54) is 0 Å². The molecular formula is C14H19BrClNO2. The molecule has 19 heavy (non-hydrogen) atoms. The van der Waals surface area contributed by atoms with Gasteiger partial charge in [-0.3, -0.25) is 0 Å². The molecule has 1 unspecified atom stereocenters. The highest BCUT2D eigenvalue weighted by atomic mass is 79.9. The molecule has 0 aromatic heterocycles. The van der Waals surface area contributed by atoms with Crippen LogP contribution in [0, 0.1) is 5.92 Å². The summed E-state index contributed by atoms with van der Waals surface area (Å²) in [6, 6.07) is 5.31. The molecule has 0 fully saturated rings. The zero-order valence-corrected chi connectivity index (χ0v) is 13.7. The van der Waals surface area contributed by atoms with Gasteiger partial charge >= 0.3 is 5.97 Å². The third-order valence-corrected chi connectivity index (χ3v) is 4.25. The summed E-state index contributed by atoms with van der Waals surface area (Å²) in [4.78, 5) is 11.5. The van der Waals surface area contributed by atoms with E-state index in [-0.39, 0.29) is 0 Å². The Balaban J connectivity index is 2.88. The molecule has 106 valence electrons. The zero-order chi connectivity index (χ0) is 14.6. The summed E-state index contributed by atoms with van der Waals surface area (Å²) in [5, 5.41) is 13.1. The number of aliphatic carboxylic acids is 1. The van der Waals surface area contributed by atoms with E-state index in [9.17, 15) is 9.90 Å². The first-order valence-corrected chi connectivity index (χ1v) is 7.38. The molecule has 0 bridgehead atoms. The minimum atomic E-state index is -0.975. The summed E-state index contributed by atoms with van der Waals surface area (Å²) in [6.45, 7) is 5.88. The summed E-state index contributed by atoms with van der Waals surface area (Å²) in [7, 11) is 0. The Bertz CT molecular complexity index is 465. The van der Waals surface area contributed by atoms with Gasteiger partial charge in [0.15, 0.2) is 0 Å². The van der Waals surface area contributed by atoms with E-state index < -0.39 is 11.5 Å². The summed E-state index contributed by atoms with van der Waals surface area (Å²) in [5.41, 5.74) is -0.234. The topological polar surface area (TPSA) is 49.3 Å². The van der Waals surface area contributed by atoms with Crippen LogP contribution in [0.3, 0.4) is 0 Å². The monoisotopic (exact) mass is 347 g/mol. The SMILES string of the molecule is CC(C)CCC(C)(Nc1ccc(Cl)c(Br)c1)C(=O)O. The summed E-state index contributed by atoms with van der Waals surface area (Å²) < 4.78 is 0.746. The highest BCUT2D eigenvalue weighted by molar-refractivity contribution is 9.10. The molecular weight excluding hydrogens is 330 g/mol. The lowest BCUT2D eigenvalue weighted by Crippen LogP contribution is -2.43. The van der Waals surface area contributed by atoms with Gasteiger partial charge in [0, 0.05) is 10.2 Å². The van der Waals surface area contributed by atoms with Gasteiger partial charge in [-0.05, 0) is 59.8 Å². The van der Waals surface area contributed by atoms with E-state index in [0.717, 1.165) is 16.6 Å². The first-order chi connectivity index (χ1) is 8.74. The molecule has 0 aliphatic rings. The maximum Gasteiger partial charge on any atom is 0.329 e. The average Bonchev–Trinajstić information content (AvgIpc) is 2.31. The second-order valence-corrected chi connectivity index (χ2v) is 6.59. The third kappa shape index (κ3) is 4.69. The van der Waals surface area contributed by atoms with Gasteiger partial charge in [-0.25, -0.2) is 4.79 Å². The molecule has 1 rings (SSSR count). The lowest BCUT2D eigenvalue weighted by atomic mass is 9.91. The van der Waals surface area contributed by atoms with Crippen molar-refractivity contribution in [1.82, 2.24) is 0 Å². The van der Waals surface area contributed by atoms with Crippen LogP contribution in [0.2, 0.25) is 5.02 Å². The number of hydrogen-bond donors (Lipinski definition) is 2. The van der Waals surface area contributed by atoms with Crippen molar-refractivity contribution in [2.45, 2.75) is 39.2 Å². The molecule has 0 aliphatic heterocycles. The van der Waals surface area contributed by atoms with Crippen LogP contribution in [0.4, 0.5) is 5.69 Å². The maximum atomic E-state index is 11.5. The number of carbonyl (C=O) groups is 1. The minimum absolute atomic E-state index is 0.470. The molecule has 0 radical (unpaired) electrons. The summed E-state index contributed by atoms with van der Waals surface area (Å²) >= 11 is 9.26. The fraction of sp³-hybridized carbons (Fsp3) is 0.500. The van der Waals surface area contributed by atoms with Crippen LogP contribution in [0.5, 0.6) is 0 Å². The van der Waals surface area contributed by atoms with E-state index in [1.807, 2.05) is 0 Å². The van der Waals surface area contributed by atoms with Crippen molar-refractivity contribution in [1.29, 1.82) is 0 Å². The van der Waals surface area contributed by atoms with Crippen molar-refractivity contribution in [3.8, 4) is 0 Å². The van der Waals surface area contributed by atoms with Gasteiger partial charge in [0.1, 0.15) is 5.54 Å². The first kappa shape index (κ1) is 16.3. The van der Waals surface area contributed by atoms with Crippen LogP contribution in [0.1, 0.15) is 33.6 Å². The Hall–Kier alpha value is -0.740. The fourth-order valence-electron chi connectivity index (χ4n) is 1.69. The van der Waals surface area contributed by atoms with Crippen molar-refractivity contribution in [3.63, 3.8) is 0 Å². The molecule has 0 heterocycles. The molecule has 1 aromatic carbocycles. The molecule has 0 spiro atoms. The Labute approximate surface area is 127 Å². The van der Waals surface area contributed by atoms with E-state index in [2.05, 4.69) is 35.1 Å². The van der Waals surface area contributed by atoms with E-state index in [4.69, 9.17) is 11.6 Å². The van der Waals surface area contributed by atoms with Gasteiger partial charge < -0.3 is 10.4 Å². The van der Waals surface area contributed by atoms with Gasteiger partial charge in [0.05, 0.1) is 5.02 Å². The quantitative estimate of drug-likeness (QED) is 0.777. The van der Waals surface area contributed by atoms with Gasteiger partial charge in [0.25, 0.3) is 0 Å². The standard InChI is InChI=1S/C14H19BrClNO2/c1-9(2)6-7-14(3,13(18)19)17-10-4-5-12(16)11(15)8-10/h4-5,8-9,17H,6-7H2,1-3H3,(H,18,19). The summed E-state index contributed by atoms with van der Waals surface area (Å²) in [6.07, 6.45) is 1.42.